The molecule has 1 unspecified atom stereocenters. The zero-order valence-electron chi connectivity index (χ0n) is 20.4. The Kier molecular flexibility index (Phi) is 6.01. The minimum absolute atomic E-state index is 0.0329. The molecule has 6 rings (SSSR count). The van der Waals surface area contributed by atoms with Crippen LogP contribution >= 0.6 is 0 Å². The van der Waals surface area contributed by atoms with Crippen molar-refractivity contribution in [2.45, 2.75) is 88.4 Å². The number of nitrogens with one attached hydrogen (secondary N) is 1. The van der Waals surface area contributed by atoms with E-state index in [1.165, 1.54) is 0 Å². The van der Waals surface area contributed by atoms with Gasteiger partial charge in [0.15, 0.2) is 0 Å². The lowest BCUT2D eigenvalue weighted by molar-refractivity contribution is -0.136. The van der Waals surface area contributed by atoms with Crippen LogP contribution in [-0.4, -0.2) is 64.7 Å². The van der Waals surface area contributed by atoms with E-state index in [1.807, 2.05) is 12.1 Å². The van der Waals surface area contributed by atoms with Gasteiger partial charge >= 0.3 is 0 Å². The van der Waals surface area contributed by atoms with Crippen molar-refractivity contribution < 1.29 is 27.9 Å². The van der Waals surface area contributed by atoms with Crippen molar-refractivity contribution in [2.24, 2.45) is 11.8 Å². The van der Waals surface area contributed by atoms with Crippen molar-refractivity contribution in [1.82, 2.24) is 15.1 Å². The Morgan fingerprint density at radius 2 is 1.75 bits per heavy atom. The van der Waals surface area contributed by atoms with Crippen LogP contribution in [0.5, 0.6) is 5.75 Å². The van der Waals surface area contributed by atoms with Crippen LogP contribution in [0.4, 0.5) is 8.78 Å². The zero-order valence-corrected chi connectivity index (χ0v) is 20.4. The van der Waals surface area contributed by atoms with E-state index in [2.05, 4.69) is 10.2 Å². The van der Waals surface area contributed by atoms with Gasteiger partial charge in [-0.1, -0.05) is 0 Å². The van der Waals surface area contributed by atoms with E-state index in [4.69, 9.17) is 4.74 Å². The average molecular weight is 502 g/mol. The van der Waals surface area contributed by atoms with Gasteiger partial charge in [-0.25, -0.2) is 8.78 Å². The minimum Gasteiger partial charge on any atom is -0.489 e. The van der Waals surface area contributed by atoms with Gasteiger partial charge in [0.2, 0.25) is 17.7 Å². The number of benzene rings is 1. The lowest BCUT2D eigenvalue weighted by atomic mass is 9.75. The monoisotopic (exact) mass is 501 g/mol. The van der Waals surface area contributed by atoms with Gasteiger partial charge in [-0.05, 0) is 74.1 Å². The first kappa shape index (κ1) is 23.8. The Balaban J connectivity index is 1.06. The number of rotatable bonds is 5. The predicted octanol–water partition coefficient (Wildman–Crippen LogP) is 3.50. The van der Waals surface area contributed by atoms with Crippen LogP contribution < -0.4 is 10.1 Å². The summed E-state index contributed by atoms with van der Waals surface area (Å²) in [4.78, 5) is 40.7. The molecule has 3 atom stereocenters. The number of nitrogens with zero attached hydrogens (tertiary/aromatic N) is 2. The van der Waals surface area contributed by atoms with Crippen LogP contribution in [0.15, 0.2) is 18.2 Å². The maximum absolute atomic E-state index is 13.5. The third-order valence-electron chi connectivity index (χ3n) is 9.04. The molecule has 7 nitrogen and oxygen atoms in total. The number of hydrogen-bond acceptors (Lipinski definition) is 5. The van der Waals surface area contributed by atoms with E-state index in [1.54, 1.807) is 11.0 Å². The molecule has 3 amide bonds. The highest BCUT2D eigenvalue weighted by Gasteiger charge is 2.45. The second-order valence-corrected chi connectivity index (χ2v) is 11.3. The van der Waals surface area contributed by atoms with E-state index < -0.39 is 17.9 Å². The number of hydrogen-bond donors (Lipinski definition) is 1. The summed E-state index contributed by atoms with van der Waals surface area (Å²) in [6, 6.07) is 5.24. The zero-order chi connectivity index (χ0) is 25.0. The molecule has 3 aliphatic heterocycles. The van der Waals surface area contributed by atoms with Crippen LogP contribution in [0.1, 0.15) is 73.7 Å². The summed E-state index contributed by atoms with van der Waals surface area (Å²) >= 11 is 0. The van der Waals surface area contributed by atoms with Crippen LogP contribution in [0, 0.1) is 11.8 Å². The summed E-state index contributed by atoms with van der Waals surface area (Å²) in [7, 11) is 0. The molecule has 5 aliphatic rings. The quantitative estimate of drug-likeness (QED) is 0.625. The van der Waals surface area contributed by atoms with E-state index in [0.717, 1.165) is 43.7 Å². The van der Waals surface area contributed by atoms with Gasteiger partial charge in [-0.15, -0.1) is 0 Å². The Morgan fingerprint density at radius 3 is 2.50 bits per heavy atom. The Bertz CT molecular complexity index is 1060. The Hall–Kier alpha value is -2.55. The summed E-state index contributed by atoms with van der Waals surface area (Å²) < 4.78 is 33.5. The molecule has 2 saturated carbocycles. The summed E-state index contributed by atoms with van der Waals surface area (Å²) in [5, 5.41) is 2.33. The highest BCUT2D eigenvalue weighted by molar-refractivity contribution is 6.05. The number of fused-ring (bicyclic) bond motifs is 1. The first-order valence-electron chi connectivity index (χ1n) is 13.3. The normalized spacial score (nSPS) is 31.3. The molecule has 1 N–H and O–H groups in total. The maximum atomic E-state index is 13.5. The SMILES string of the molecule is O=C1CCC(N2Cc3cc(O[C@H]4CCC[C@H]4N4CC(C5CCC(F)(F)CC5)C4)ccc3C2=O)C(=O)N1. The van der Waals surface area contributed by atoms with Crippen molar-refractivity contribution in [1.29, 1.82) is 0 Å². The molecule has 0 radical (unpaired) electrons. The van der Waals surface area contributed by atoms with Crippen molar-refractivity contribution in [3.8, 4) is 5.75 Å². The fraction of sp³-hybridized carbons (Fsp3) is 0.667. The van der Waals surface area contributed by atoms with E-state index in [0.29, 0.717) is 49.2 Å². The van der Waals surface area contributed by atoms with E-state index in [-0.39, 0.29) is 37.2 Å². The molecule has 9 heteroatoms. The van der Waals surface area contributed by atoms with Crippen molar-refractivity contribution in [2.75, 3.05) is 13.1 Å². The van der Waals surface area contributed by atoms with E-state index >= 15 is 0 Å². The summed E-state index contributed by atoms with van der Waals surface area (Å²) in [5.41, 5.74) is 1.42. The Morgan fingerprint density at radius 1 is 0.972 bits per heavy atom. The number of amides is 3. The molecule has 194 valence electrons. The fourth-order valence-electron chi connectivity index (χ4n) is 6.91. The molecule has 2 aliphatic carbocycles. The number of ether oxygens (including phenoxy) is 1. The molecule has 3 heterocycles. The highest BCUT2D eigenvalue weighted by atomic mass is 19.3. The van der Waals surface area contributed by atoms with Crippen LogP contribution in [0.3, 0.4) is 0 Å². The van der Waals surface area contributed by atoms with Gasteiger partial charge in [-0.3, -0.25) is 24.6 Å². The van der Waals surface area contributed by atoms with Crippen LogP contribution in [0.25, 0.3) is 0 Å². The molecule has 36 heavy (non-hydrogen) atoms. The van der Waals surface area contributed by atoms with Crippen molar-refractivity contribution in [3.63, 3.8) is 0 Å². The Labute approximate surface area is 209 Å². The van der Waals surface area contributed by atoms with Crippen molar-refractivity contribution in [3.05, 3.63) is 29.3 Å². The number of alkyl halides is 2. The molecule has 1 aromatic carbocycles. The van der Waals surface area contributed by atoms with E-state index in [9.17, 15) is 23.2 Å². The molecule has 2 saturated heterocycles. The number of halogens is 2. The number of carbonyl (C=O) groups is 3. The predicted molar refractivity (Wildman–Crippen MR) is 127 cm³/mol. The highest BCUT2D eigenvalue weighted by Crippen LogP contribution is 2.43. The topological polar surface area (TPSA) is 79.0 Å². The van der Waals surface area contributed by atoms with Gasteiger partial charge in [0.05, 0.1) is 0 Å². The maximum Gasteiger partial charge on any atom is 0.255 e. The number of likely N-dealkylation sites (tertiary alicyclic amines) is 1. The van der Waals surface area contributed by atoms with Gasteiger partial charge < -0.3 is 9.64 Å². The second kappa shape index (κ2) is 9.08. The van der Waals surface area contributed by atoms with Crippen molar-refractivity contribution >= 4 is 17.7 Å². The third kappa shape index (κ3) is 4.40. The first-order valence-corrected chi connectivity index (χ1v) is 13.3. The lowest BCUT2D eigenvalue weighted by Crippen LogP contribution is -2.57. The van der Waals surface area contributed by atoms with Gasteiger partial charge in [0.25, 0.3) is 5.91 Å². The standard InChI is InChI=1S/C27H33F2N3O4/c28-27(29)10-8-16(9-11-27)18-13-31(14-18)21-2-1-3-23(21)36-19-4-5-20-17(12-19)15-32(26(20)35)22-6-7-24(33)30-25(22)34/h4-5,12,16,18,21-23H,1-3,6-11,13-15H2,(H,30,33,34)/t21-,22?,23+/m1/s1. The van der Waals surface area contributed by atoms with Crippen LogP contribution in [-0.2, 0) is 16.1 Å². The summed E-state index contributed by atoms with van der Waals surface area (Å²) in [6.07, 6.45) is 5.14. The number of imide groups is 1. The smallest absolute Gasteiger partial charge is 0.255 e. The van der Waals surface area contributed by atoms with Gasteiger partial charge in [0, 0.05) is 50.5 Å². The fourth-order valence-corrected chi connectivity index (χ4v) is 6.91. The van der Waals surface area contributed by atoms with Crippen LogP contribution in [0.2, 0.25) is 0 Å². The molecule has 0 bridgehead atoms. The second-order valence-electron chi connectivity index (χ2n) is 11.3. The molecule has 0 spiro atoms. The molecular weight excluding hydrogens is 468 g/mol. The molecule has 1 aromatic rings. The third-order valence-corrected chi connectivity index (χ3v) is 9.04. The largest absolute Gasteiger partial charge is 0.489 e. The number of piperidine rings is 1. The lowest BCUT2D eigenvalue weighted by Gasteiger charge is -2.49. The molecular formula is C27H33F2N3O4. The summed E-state index contributed by atoms with van der Waals surface area (Å²) in [5.74, 6) is -1.69. The molecule has 4 fully saturated rings. The van der Waals surface area contributed by atoms with Gasteiger partial charge in [0.1, 0.15) is 17.9 Å². The minimum atomic E-state index is -2.47. The summed E-state index contributed by atoms with van der Waals surface area (Å²) in [6.45, 7) is 2.28. The number of carbonyl (C=O) groups excluding carboxylic acids is 3. The van der Waals surface area contributed by atoms with Gasteiger partial charge in [-0.2, -0.15) is 0 Å². The molecule has 0 aromatic heterocycles. The first-order chi connectivity index (χ1) is 17.3. The average Bonchev–Trinajstić information content (AvgIpc) is 3.38.